The van der Waals surface area contributed by atoms with Crippen LogP contribution in [0.1, 0.15) is 54.0 Å². The number of phenols is 4. The van der Waals surface area contributed by atoms with Crippen LogP contribution in [0.15, 0.2) is 60.7 Å². The van der Waals surface area contributed by atoms with Crippen molar-refractivity contribution in [2.75, 3.05) is 6.61 Å². The molecule has 3 aromatic carbocycles. The Labute approximate surface area is 240 Å². The molecule has 0 fully saturated rings. The second-order valence-corrected chi connectivity index (χ2v) is 9.67. The van der Waals surface area contributed by atoms with Crippen LogP contribution in [0.2, 0.25) is 0 Å². The Bertz CT molecular complexity index is 1510. The van der Waals surface area contributed by atoms with E-state index in [1.165, 1.54) is 42.5 Å². The lowest BCUT2D eigenvalue weighted by Gasteiger charge is -2.19. The molecule has 1 heterocycles. The van der Waals surface area contributed by atoms with Gasteiger partial charge in [-0.05, 0) is 59.5 Å². The van der Waals surface area contributed by atoms with Gasteiger partial charge in [-0.25, -0.2) is 9.59 Å². The van der Waals surface area contributed by atoms with E-state index in [1.807, 2.05) is 6.92 Å². The zero-order chi connectivity index (χ0) is 30.4. The molecule has 3 atom stereocenters. The van der Waals surface area contributed by atoms with Crippen molar-refractivity contribution < 1.29 is 54.1 Å². The summed E-state index contributed by atoms with van der Waals surface area (Å²) in [6.07, 6.45) is 1.12. The predicted octanol–water partition coefficient (Wildman–Crippen LogP) is 4.32. The third-order valence-electron chi connectivity index (χ3n) is 6.69. The Balaban J connectivity index is 1.59. The summed E-state index contributed by atoms with van der Waals surface area (Å²) < 4.78 is 16.7. The van der Waals surface area contributed by atoms with Gasteiger partial charge in [-0.3, -0.25) is 4.79 Å². The van der Waals surface area contributed by atoms with Crippen LogP contribution in [-0.4, -0.2) is 56.2 Å². The van der Waals surface area contributed by atoms with Crippen LogP contribution < -0.4 is 4.74 Å². The summed E-state index contributed by atoms with van der Waals surface area (Å²) in [4.78, 5) is 37.7. The Morgan fingerprint density at radius 1 is 0.952 bits per heavy atom. The molecule has 220 valence electrons. The van der Waals surface area contributed by atoms with Crippen molar-refractivity contribution in [1.82, 2.24) is 0 Å². The summed E-state index contributed by atoms with van der Waals surface area (Å²) in [5.41, 5.74) is 1.58. The maximum absolute atomic E-state index is 13.3. The van der Waals surface area contributed by atoms with Crippen molar-refractivity contribution in [3.63, 3.8) is 0 Å². The van der Waals surface area contributed by atoms with E-state index in [-0.39, 0.29) is 30.3 Å². The summed E-state index contributed by atoms with van der Waals surface area (Å²) in [7, 11) is 0. The topological polar surface area (TPSA) is 180 Å². The number of ether oxygens (including phenoxy) is 3. The molecule has 0 saturated heterocycles. The number of hydrogen-bond donors (Lipinski definition) is 5. The standard InChI is InChI=1S/C31H30O11/c1-2-3-13-40-31(39)28-27-18(5-4-6-24(27)42-29(28)19-8-11-21(33)23(35)16-19)9-12-26(36)41-25(30(37)38)15-17-7-10-20(32)22(34)14-17/h4-12,14,16,25,28-29,32-35H,2-3,13,15H2,1H3,(H,37,38)/b12-9+. The van der Waals surface area contributed by atoms with E-state index in [4.69, 9.17) is 14.2 Å². The molecular formula is C31H30O11. The average molecular weight is 579 g/mol. The van der Waals surface area contributed by atoms with Gasteiger partial charge in [0.1, 0.15) is 17.8 Å². The summed E-state index contributed by atoms with van der Waals surface area (Å²) in [5, 5.41) is 48.5. The van der Waals surface area contributed by atoms with Gasteiger partial charge in [-0.2, -0.15) is 0 Å². The van der Waals surface area contributed by atoms with E-state index < -0.39 is 41.8 Å². The van der Waals surface area contributed by atoms with Gasteiger partial charge in [-0.15, -0.1) is 0 Å². The molecule has 1 aliphatic heterocycles. The summed E-state index contributed by atoms with van der Waals surface area (Å²) in [6.45, 7) is 2.14. The van der Waals surface area contributed by atoms with Gasteiger partial charge in [0.2, 0.25) is 6.10 Å². The number of benzene rings is 3. The number of rotatable bonds is 11. The molecule has 0 amide bonds. The normalized spacial score (nSPS) is 16.4. The lowest BCUT2D eigenvalue weighted by Crippen LogP contribution is -2.28. The number of carbonyl (C=O) groups excluding carboxylic acids is 2. The molecule has 1 aliphatic rings. The number of esters is 2. The van der Waals surface area contributed by atoms with Crippen molar-refractivity contribution in [3.05, 3.63) is 82.9 Å². The van der Waals surface area contributed by atoms with Crippen molar-refractivity contribution in [2.45, 2.75) is 44.3 Å². The monoisotopic (exact) mass is 578 g/mol. The van der Waals surface area contributed by atoms with Gasteiger partial charge in [0, 0.05) is 18.1 Å². The molecule has 0 aliphatic carbocycles. The number of hydrogen-bond acceptors (Lipinski definition) is 10. The fraction of sp³-hybridized carbons (Fsp3) is 0.258. The van der Waals surface area contributed by atoms with E-state index in [2.05, 4.69) is 0 Å². The van der Waals surface area contributed by atoms with Crippen LogP contribution in [0.4, 0.5) is 0 Å². The highest BCUT2D eigenvalue weighted by atomic mass is 16.6. The van der Waals surface area contributed by atoms with Gasteiger partial charge in [0.15, 0.2) is 23.0 Å². The minimum atomic E-state index is -1.58. The zero-order valence-corrected chi connectivity index (χ0v) is 22.6. The van der Waals surface area contributed by atoms with E-state index >= 15 is 0 Å². The maximum Gasteiger partial charge on any atom is 0.345 e. The predicted molar refractivity (Wildman–Crippen MR) is 148 cm³/mol. The van der Waals surface area contributed by atoms with Crippen molar-refractivity contribution in [2.24, 2.45) is 0 Å². The summed E-state index contributed by atoms with van der Waals surface area (Å²) >= 11 is 0. The molecule has 0 spiro atoms. The van der Waals surface area contributed by atoms with Gasteiger partial charge in [0.25, 0.3) is 0 Å². The summed E-state index contributed by atoms with van der Waals surface area (Å²) in [5.74, 6) is -5.12. The number of aliphatic carboxylic acids is 1. The third kappa shape index (κ3) is 6.74. The van der Waals surface area contributed by atoms with Crippen LogP contribution >= 0.6 is 0 Å². The van der Waals surface area contributed by atoms with Crippen LogP contribution in [0.5, 0.6) is 28.7 Å². The molecule has 0 aromatic heterocycles. The number of phenolic OH excluding ortho intramolecular Hbond substituents is 4. The SMILES string of the molecule is CCCCOC(=O)C1c2c(/C=C/C(=O)OC(Cc3ccc(O)c(O)c3)C(=O)O)cccc2OC1c1ccc(O)c(O)c1. The molecule has 3 unspecified atom stereocenters. The number of carbonyl (C=O) groups is 3. The lowest BCUT2D eigenvalue weighted by atomic mass is 9.88. The highest BCUT2D eigenvalue weighted by Crippen LogP contribution is 2.49. The number of carboxylic acids is 1. The Morgan fingerprint density at radius 3 is 2.33 bits per heavy atom. The van der Waals surface area contributed by atoms with E-state index in [0.29, 0.717) is 34.4 Å². The van der Waals surface area contributed by atoms with Crippen LogP contribution in [0, 0.1) is 0 Å². The molecule has 3 aromatic rings. The molecular weight excluding hydrogens is 548 g/mol. The first-order chi connectivity index (χ1) is 20.1. The smallest absolute Gasteiger partial charge is 0.345 e. The number of carboxylic acid groups (broad SMARTS) is 1. The quantitative estimate of drug-likeness (QED) is 0.0946. The third-order valence-corrected chi connectivity index (χ3v) is 6.69. The Hall–Kier alpha value is -5.19. The first-order valence-electron chi connectivity index (χ1n) is 13.2. The zero-order valence-electron chi connectivity index (χ0n) is 22.6. The first-order valence-corrected chi connectivity index (χ1v) is 13.2. The van der Waals surface area contributed by atoms with Gasteiger partial charge in [-0.1, -0.05) is 37.6 Å². The highest BCUT2D eigenvalue weighted by Gasteiger charge is 2.43. The fourth-order valence-electron chi connectivity index (χ4n) is 4.55. The highest BCUT2D eigenvalue weighted by molar-refractivity contribution is 5.91. The van der Waals surface area contributed by atoms with Crippen LogP contribution in [-0.2, 0) is 30.3 Å². The van der Waals surface area contributed by atoms with Gasteiger partial charge >= 0.3 is 17.9 Å². The van der Waals surface area contributed by atoms with Crippen molar-refractivity contribution in [3.8, 4) is 28.7 Å². The number of aromatic hydroxyl groups is 4. The average Bonchev–Trinajstić information content (AvgIpc) is 3.35. The molecule has 0 bridgehead atoms. The van der Waals surface area contributed by atoms with E-state index in [0.717, 1.165) is 12.5 Å². The maximum atomic E-state index is 13.3. The van der Waals surface area contributed by atoms with Gasteiger partial charge in [0.05, 0.1) is 6.61 Å². The van der Waals surface area contributed by atoms with Gasteiger partial charge < -0.3 is 39.7 Å². The van der Waals surface area contributed by atoms with Crippen molar-refractivity contribution in [1.29, 1.82) is 0 Å². The second-order valence-electron chi connectivity index (χ2n) is 9.67. The molecule has 4 rings (SSSR count). The molecule has 42 heavy (non-hydrogen) atoms. The van der Waals surface area contributed by atoms with E-state index in [9.17, 15) is 39.9 Å². The van der Waals surface area contributed by atoms with E-state index in [1.54, 1.807) is 18.2 Å². The Kier molecular flexibility index (Phi) is 9.21. The van der Waals surface area contributed by atoms with Crippen LogP contribution in [0.3, 0.4) is 0 Å². The molecule has 0 radical (unpaired) electrons. The van der Waals surface area contributed by atoms with Crippen molar-refractivity contribution >= 4 is 24.0 Å². The minimum absolute atomic E-state index is 0.189. The Morgan fingerprint density at radius 2 is 1.67 bits per heavy atom. The fourth-order valence-corrected chi connectivity index (χ4v) is 4.55. The number of fused-ring (bicyclic) bond motifs is 1. The first kappa shape index (κ1) is 29.8. The lowest BCUT2D eigenvalue weighted by molar-refractivity contribution is -0.160. The molecule has 0 saturated carbocycles. The molecule has 11 nitrogen and oxygen atoms in total. The minimum Gasteiger partial charge on any atom is -0.504 e. The van der Waals surface area contributed by atoms with Crippen LogP contribution in [0.25, 0.3) is 6.08 Å². The number of unbranched alkanes of at least 4 members (excludes halogenated alkanes) is 1. The molecule has 5 N–H and O–H groups in total. The molecule has 11 heteroatoms. The largest absolute Gasteiger partial charge is 0.504 e. The summed E-state index contributed by atoms with van der Waals surface area (Å²) in [6, 6.07) is 12.8. The second kappa shape index (κ2) is 13.0.